The van der Waals surface area contributed by atoms with Crippen LogP contribution in [0.5, 0.6) is 0 Å². The van der Waals surface area contributed by atoms with Crippen LogP contribution in [0.1, 0.15) is 53.9 Å². The maximum atomic E-state index is 12.2. The molecule has 0 aliphatic heterocycles. The topological polar surface area (TPSA) is 46.5 Å². The van der Waals surface area contributed by atoms with Gasteiger partial charge in [-0.25, -0.2) is 0 Å². The van der Waals surface area contributed by atoms with Crippen LogP contribution in [0.3, 0.4) is 0 Å². The van der Waals surface area contributed by atoms with Gasteiger partial charge in [0.05, 0.1) is 12.0 Å². The highest BCUT2D eigenvalue weighted by molar-refractivity contribution is 5.73. The third-order valence-electron chi connectivity index (χ3n) is 4.31. The van der Waals surface area contributed by atoms with Gasteiger partial charge in [0, 0.05) is 0 Å². The summed E-state index contributed by atoms with van der Waals surface area (Å²) in [5.41, 5.74) is 0. The van der Waals surface area contributed by atoms with Crippen molar-refractivity contribution in [3.8, 4) is 0 Å². The van der Waals surface area contributed by atoms with Gasteiger partial charge in [0.25, 0.3) is 0 Å². The number of ether oxygens (including phenoxy) is 1. The van der Waals surface area contributed by atoms with Crippen LogP contribution in [0, 0.1) is 23.7 Å². The maximum absolute atomic E-state index is 12.2. The number of carbonyl (C=O) groups is 1. The van der Waals surface area contributed by atoms with Gasteiger partial charge in [-0.15, -0.1) is 0 Å². The normalized spacial score (nSPS) is 32.1. The molecule has 0 amide bonds. The number of hydrogen-bond acceptors (Lipinski definition) is 3. The molecule has 0 aromatic heterocycles. The lowest BCUT2D eigenvalue weighted by Crippen LogP contribution is -2.37. The smallest absolute Gasteiger partial charge is 0.309 e. The lowest BCUT2D eigenvalue weighted by atomic mass is 9.70. The minimum atomic E-state index is -0.604. The fourth-order valence-corrected chi connectivity index (χ4v) is 2.84. The van der Waals surface area contributed by atoms with Crippen molar-refractivity contribution < 1.29 is 14.6 Å². The molecule has 1 aliphatic carbocycles. The average Bonchev–Trinajstić information content (AvgIpc) is 2.28. The molecule has 3 heteroatoms. The number of aliphatic hydroxyl groups is 1. The van der Waals surface area contributed by atoms with Gasteiger partial charge >= 0.3 is 5.97 Å². The SMILES string of the molecule is CC1CCC(C(C)C)C(C(=O)OC(C)C(C)O)C1. The number of rotatable bonds is 4. The summed E-state index contributed by atoms with van der Waals surface area (Å²) in [6.07, 6.45) is 2.23. The van der Waals surface area contributed by atoms with E-state index in [2.05, 4.69) is 20.8 Å². The van der Waals surface area contributed by atoms with Crippen LogP contribution in [-0.4, -0.2) is 23.3 Å². The molecule has 1 fully saturated rings. The van der Waals surface area contributed by atoms with E-state index >= 15 is 0 Å². The van der Waals surface area contributed by atoms with Crippen molar-refractivity contribution in [2.24, 2.45) is 23.7 Å². The summed E-state index contributed by atoms with van der Waals surface area (Å²) < 4.78 is 5.39. The zero-order valence-corrected chi connectivity index (χ0v) is 12.3. The fourth-order valence-electron chi connectivity index (χ4n) is 2.84. The molecule has 0 saturated heterocycles. The zero-order chi connectivity index (χ0) is 13.9. The van der Waals surface area contributed by atoms with E-state index in [9.17, 15) is 9.90 Å². The first-order valence-corrected chi connectivity index (χ1v) is 7.21. The molecule has 106 valence electrons. The van der Waals surface area contributed by atoms with Crippen LogP contribution in [0.15, 0.2) is 0 Å². The summed E-state index contributed by atoms with van der Waals surface area (Å²) in [4.78, 5) is 12.2. The molecule has 0 spiro atoms. The van der Waals surface area contributed by atoms with E-state index < -0.39 is 12.2 Å². The summed E-state index contributed by atoms with van der Waals surface area (Å²) in [6, 6.07) is 0. The Balaban J connectivity index is 2.67. The highest BCUT2D eigenvalue weighted by atomic mass is 16.6. The summed E-state index contributed by atoms with van der Waals surface area (Å²) in [6.45, 7) is 9.97. The van der Waals surface area contributed by atoms with Crippen LogP contribution < -0.4 is 0 Å². The first-order chi connectivity index (χ1) is 8.32. The minimum absolute atomic E-state index is 0.00921. The van der Waals surface area contributed by atoms with Crippen LogP contribution in [-0.2, 0) is 9.53 Å². The summed E-state index contributed by atoms with van der Waals surface area (Å²) in [5, 5.41) is 9.42. The molecule has 0 aromatic rings. The molecule has 1 rings (SSSR count). The number of carbonyl (C=O) groups excluding carboxylic acids is 1. The predicted octanol–water partition coefficient (Wildman–Crippen LogP) is 3.01. The van der Waals surface area contributed by atoms with Gasteiger partial charge in [0.15, 0.2) is 0 Å². The van der Waals surface area contributed by atoms with Crippen LogP contribution >= 0.6 is 0 Å². The van der Waals surface area contributed by atoms with Gasteiger partial charge in [-0.1, -0.05) is 27.2 Å². The number of hydrogen-bond donors (Lipinski definition) is 1. The Morgan fingerprint density at radius 1 is 1.22 bits per heavy atom. The molecule has 1 aliphatic rings. The fraction of sp³-hybridized carbons (Fsp3) is 0.933. The van der Waals surface area contributed by atoms with Gasteiger partial charge in [-0.05, 0) is 44.4 Å². The number of esters is 1. The molecule has 18 heavy (non-hydrogen) atoms. The van der Waals surface area contributed by atoms with Crippen molar-refractivity contribution in [1.82, 2.24) is 0 Å². The molecule has 0 radical (unpaired) electrons. The van der Waals surface area contributed by atoms with E-state index in [0.717, 1.165) is 12.8 Å². The van der Waals surface area contributed by atoms with Gasteiger partial charge in [-0.3, -0.25) is 4.79 Å². The van der Waals surface area contributed by atoms with Crippen molar-refractivity contribution >= 4 is 5.97 Å². The van der Waals surface area contributed by atoms with Crippen molar-refractivity contribution in [2.75, 3.05) is 0 Å². The molecule has 1 saturated carbocycles. The molecule has 0 heterocycles. The van der Waals surface area contributed by atoms with E-state index in [4.69, 9.17) is 4.74 Å². The second kappa shape index (κ2) is 6.55. The summed E-state index contributed by atoms with van der Waals surface area (Å²) in [5.74, 6) is 1.43. The van der Waals surface area contributed by atoms with Crippen molar-refractivity contribution in [3.05, 3.63) is 0 Å². The van der Waals surface area contributed by atoms with E-state index in [1.54, 1.807) is 13.8 Å². The quantitative estimate of drug-likeness (QED) is 0.786. The summed E-state index contributed by atoms with van der Waals surface area (Å²) in [7, 11) is 0. The highest BCUT2D eigenvalue weighted by Crippen LogP contribution is 2.38. The Morgan fingerprint density at radius 3 is 2.33 bits per heavy atom. The third kappa shape index (κ3) is 3.98. The second-order valence-corrected chi connectivity index (χ2v) is 6.32. The lowest BCUT2D eigenvalue weighted by molar-refractivity contribution is -0.163. The average molecular weight is 256 g/mol. The molecule has 0 aromatic carbocycles. The van der Waals surface area contributed by atoms with Gasteiger partial charge < -0.3 is 9.84 Å². The molecular formula is C15H28O3. The Morgan fingerprint density at radius 2 is 1.83 bits per heavy atom. The number of aliphatic hydroxyl groups excluding tert-OH is 1. The van der Waals surface area contributed by atoms with Gasteiger partial charge in [-0.2, -0.15) is 0 Å². The molecule has 3 nitrogen and oxygen atoms in total. The Bertz CT molecular complexity index is 273. The predicted molar refractivity (Wildman–Crippen MR) is 72.1 cm³/mol. The van der Waals surface area contributed by atoms with E-state index in [-0.39, 0.29) is 11.9 Å². The first kappa shape index (κ1) is 15.5. The van der Waals surface area contributed by atoms with E-state index in [1.807, 2.05) is 0 Å². The molecule has 5 atom stereocenters. The van der Waals surface area contributed by atoms with Crippen LogP contribution in [0.4, 0.5) is 0 Å². The Hall–Kier alpha value is -0.570. The van der Waals surface area contributed by atoms with Gasteiger partial charge in [0.1, 0.15) is 6.10 Å². The highest BCUT2D eigenvalue weighted by Gasteiger charge is 2.37. The summed E-state index contributed by atoms with van der Waals surface area (Å²) >= 11 is 0. The zero-order valence-electron chi connectivity index (χ0n) is 12.3. The van der Waals surface area contributed by atoms with E-state index in [0.29, 0.717) is 17.8 Å². The largest absolute Gasteiger partial charge is 0.460 e. The maximum Gasteiger partial charge on any atom is 0.309 e. The van der Waals surface area contributed by atoms with Crippen LogP contribution in [0.25, 0.3) is 0 Å². The monoisotopic (exact) mass is 256 g/mol. The Labute approximate surface area is 111 Å². The van der Waals surface area contributed by atoms with E-state index in [1.165, 1.54) is 6.42 Å². The van der Waals surface area contributed by atoms with Crippen molar-refractivity contribution in [2.45, 2.75) is 66.1 Å². The molecule has 1 N–H and O–H groups in total. The van der Waals surface area contributed by atoms with Crippen LogP contribution in [0.2, 0.25) is 0 Å². The Kier molecular flexibility index (Phi) is 5.64. The first-order valence-electron chi connectivity index (χ1n) is 7.21. The minimum Gasteiger partial charge on any atom is -0.460 e. The van der Waals surface area contributed by atoms with Gasteiger partial charge in [0.2, 0.25) is 0 Å². The lowest BCUT2D eigenvalue weighted by Gasteiger charge is -2.36. The standard InChI is InChI=1S/C15H28O3/c1-9(2)13-7-6-10(3)8-14(13)15(17)18-12(5)11(4)16/h9-14,16H,6-8H2,1-5H3. The van der Waals surface area contributed by atoms with Crippen molar-refractivity contribution in [1.29, 1.82) is 0 Å². The third-order valence-corrected chi connectivity index (χ3v) is 4.31. The molecule has 0 bridgehead atoms. The molecular weight excluding hydrogens is 228 g/mol. The second-order valence-electron chi connectivity index (χ2n) is 6.32. The van der Waals surface area contributed by atoms with Crippen molar-refractivity contribution in [3.63, 3.8) is 0 Å². The molecule has 5 unspecified atom stereocenters.